The lowest BCUT2D eigenvalue weighted by Crippen LogP contribution is -2.20. The third kappa shape index (κ3) is 3.77. The fourth-order valence-corrected chi connectivity index (χ4v) is 5.36. The van der Waals surface area contributed by atoms with Crippen LogP contribution in [0.2, 0.25) is 0 Å². The number of nitrogens with zero attached hydrogens (tertiary/aromatic N) is 1. The van der Waals surface area contributed by atoms with Crippen LogP contribution in [0.25, 0.3) is 22.4 Å². The molecule has 1 aliphatic rings. The molecule has 5 aromatic rings. The van der Waals surface area contributed by atoms with Crippen molar-refractivity contribution in [1.82, 2.24) is 4.57 Å². The fourth-order valence-electron chi connectivity index (χ4n) is 5.36. The van der Waals surface area contributed by atoms with Gasteiger partial charge in [0, 0.05) is 17.7 Å². The second-order valence-corrected chi connectivity index (χ2v) is 9.44. The highest BCUT2D eigenvalue weighted by molar-refractivity contribution is 5.85. The smallest absolute Gasteiger partial charge is 0.164 e. The Morgan fingerprint density at radius 3 is 2.19 bits per heavy atom. The van der Waals surface area contributed by atoms with Gasteiger partial charge in [-0.15, -0.1) is 0 Å². The average molecular weight is 472 g/mol. The molecule has 3 heteroatoms. The van der Waals surface area contributed by atoms with Gasteiger partial charge in [0.25, 0.3) is 0 Å². The van der Waals surface area contributed by atoms with Crippen molar-refractivity contribution >= 4 is 0 Å². The minimum Gasteiger partial charge on any atom is -0.497 e. The average Bonchev–Trinajstić information content (AvgIpc) is 3.21. The molecule has 1 aliphatic heterocycles. The molecule has 4 aromatic carbocycles. The number of rotatable bonds is 5. The number of aryl methyl sites for hydroxylation is 1. The fraction of sp³-hybridized carbons (Fsp3) is 0.152. The normalized spacial score (nSPS) is 14.0. The van der Waals surface area contributed by atoms with E-state index in [9.17, 15) is 0 Å². The van der Waals surface area contributed by atoms with Gasteiger partial charge in [0.15, 0.2) is 6.10 Å². The molecular formula is C33H29NO2. The van der Waals surface area contributed by atoms with Crippen LogP contribution in [0, 0.1) is 13.8 Å². The van der Waals surface area contributed by atoms with E-state index >= 15 is 0 Å². The summed E-state index contributed by atoms with van der Waals surface area (Å²) in [4.78, 5) is 0. The summed E-state index contributed by atoms with van der Waals surface area (Å²) in [5.74, 6) is 1.78. The van der Waals surface area contributed by atoms with Crippen LogP contribution in [0.15, 0.2) is 103 Å². The maximum absolute atomic E-state index is 6.76. The number of hydrogen-bond donors (Lipinski definition) is 0. The molecule has 0 amide bonds. The first-order valence-electron chi connectivity index (χ1n) is 12.4. The lowest BCUT2D eigenvalue weighted by Gasteiger charge is -2.29. The Morgan fingerprint density at radius 1 is 0.778 bits per heavy atom. The van der Waals surface area contributed by atoms with Crippen molar-refractivity contribution in [1.29, 1.82) is 0 Å². The predicted molar refractivity (Wildman–Crippen MR) is 146 cm³/mol. The minimum absolute atomic E-state index is 0.204. The first-order chi connectivity index (χ1) is 17.6. The van der Waals surface area contributed by atoms with Crippen LogP contribution < -0.4 is 9.47 Å². The standard InChI is InChI=1S/C33H29NO2/c1-22-13-15-26(16-14-22)33-32-30(28-11-7-8-12-29(28)36-33)23(2)31(25-17-19-27(35-3)20-18-25)34(32)21-24-9-5-4-6-10-24/h4-20,33H,21H2,1-3H3/t33-/m1/s1. The van der Waals surface area contributed by atoms with E-state index in [1.807, 2.05) is 12.1 Å². The first-order valence-corrected chi connectivity index (χ1v) is 12.4. The summed E-state index contributed by atoms with van der Waals surface area (Å²) in [7, 11) is 1.71. The van der Waals surface area contributed by atoms with Gasteiger partial charge in [0.05, 0.1) is 18.5 Å². The zero-order chi connectivity index (χ0) is 24.6. The largest absolute Gasteiger partial charge is 0.497 e. The number of ether oxygens (including phenoxy) is 2. The highest BCUT2D eigenvalue weighted by atomic mass is 16.5. The van der Waals surface area contributed by atoms with E-state index in [4.69, 9.17) is 9.47 Å². The van der Waals surface area contributed by atoms with Gasteiger partial charge in [-0.05, 0) is 66.4 Å². The maximum atomic E-state index is 6.76. The quantitative estimate of drug-likeness (QED) is 0.259. The first kappa shape index (κ1) is 22.2. The molecule has 0 aliphatic carbocycles. The number of methoxy groups -OCH3 is 1. The Morgan fingerprint density at radius 2 is 1.47 bits per heavy atom. The molecule has 36 heavy (non-hydrogen) atoms. The molecule has 6 rings (SSSR count). The SMILES string of the molecule is COc1ccc(-c2c(C)c3c(n2Cc2ccccc2)[C@@H](c2ccc(C)cc2)Oc2ccccc2-3)cc1. The van der Waals surface area contributed by atoms with Crippen LogP contribution in [0.3, 0.4) is 0 Å². The van der Waals surface area contributed by atoms with E-state index in [0.717, 1.165) is 29.2 Å². The van der Waals surface area contributed by atoms with Crippen LogP contribution in [-0.2, 0) is 6.54 Å². The molecule has 178 valence electrons. The zero-order valence-corrected chi connectivity index (χ0v) is 20.9. The highest BCUT2D eigenvalue weighted by Gasteiger charge is 2.35. The van der Waals surface area contributed by atoms with Gasteiger partial charge in [0.1, 0.15) is 11.5 Å². The molecule has 1 aromatic heterocycles. The maximum Gasteiger partial charge on any atom is 0.164 e. The molecule has 0 radical (unpaired) electrons. The monoisotopic (exact) mass is 471 g/mol. The van der Waals surface area contributed by atoms with Crippen molar-refractivity contribution in [3.63, 3.8) is 0 Å². The molecule has 0 bridgehead atoms. The van der Waals surface area contributed by atoms with E-state index in [2.05, 4.69) is 109 Å². The van der Waals surface area contributed by atoms with Crippen molar-refractivity contribution < 1.29 is 9.47 Å². The Bertz CT molecular complexity index is 1510. The Balaban J connectivity index is 1.65. The summed E-state index contributed by atoms with van der Waals surface area (Å²) in [6, 6.07) is 36.2. The number of aromatic nitrogens is 1. The lowest BCUT2D eigenvalue weighted by molar-refractivity contribution is 0.233. The van der Waals surface area contributed by atoms with E-state index in [0.29, 0.717) is 0 Å². The Hall–Kier alpha value is -4.24. The molecule has 1 atom stereocenters. The van der Waals surface area contributed by atoms with Crippen LogP contribution >= 0.6 is 0 Å². The molecule has 0 N–H and O–H groups in total. The van der Waals surface area contributed by atoms with Gasteiger partial charge in [-0.3, -0.25) is 0 Å². The minimum atomic E-state index is -0.204. The second kappa shape index (κ2) is 9.09. The molecule has 3 nitrogen and oxygen atoms in total. The van der Waals surface area contributed by atoms with Crippen LogP contribution in [0.4, 0.5) is 0 Å². The van der Waals surface area contributed by atoms with Crippen molar-refractivity contribution in [3.8, 4) is 33.9 Å². The Kier molecular flexibility index (Phi) is 5.61. The number of hydrogen-bond acceptors (Lipinski definition) is 2. The molecule has 2 heterocycles. The third-order valence-corrected chi connectivity index (χ3v) is 7.12. The van der Waals surface area contributed by atoms with Crippen molar-refractivity contribution in [2.45, 2.75) is 26.5 Å². The van der Waals surface area contributed by atoms with E-state index in [1.54, 1.807) is 7.11 Å². The summed E-state index contributed by atoms with van der Waals surface area (Å²) in [6.07, 6.45) is -0.204. The number of para-hydroxylation sites is 1. The molecule has 0 fully saturated rings. The van der Waals surface area contributed by atoms with Crippen LogP contribution in [0.5, 0.6) is 11.5 Å². The third-order valence-electron chi connectivity index (χ3n) is 7.12. The lowest BCUT2D eigenvalue weighted by atomic mass is 9.92. The molecule has 0 saturated carbocycles. The Labute approximate surface area is 212 Å². The summed E-state index contributed by atoms with van der Waals surface area (Å²) in [5.41, 5.74) is 10.9. The zero-order valence-electron chi connectivity index (χ0n) is 20.9. The summed E-state index contributed by atoms with van der Waals surface area (Å²) < 4.78 is 14.7. The van der Waals surface area contributed by atoms with Gasteiger partial charge in [-0.25, -0.2) is 0 Å². The molecular weight excluding hydrogens is 442 g/mol. The highest BCUT2D eigenvalue weighted by Crippen LogP contribution is 2.50. The second-order valence-electron chi connectivity index (χ2n) is 9.44. The molecule has 0 saturated heterocycles. The van der Waals surface area contributed by atoms with Crippen LogP contribution in [-0.4, -0.2) is 11.7 Å². The van der Waals surface area contributed by atoms with E-state index in [1.165, 1.54) is 39.2 Å². The van der Waals surface area contributed by atoms with Gasteiger partial charge >= 0.3 is 0 Å². The van der Waals surface area contributed by atoms with Gasteiger partial charge in [0.2, 0.25) is 0 Å². The van der Waals surface area contributed by atoms with Crippen molar-refractivity contribution in [2.75, 3.05) is 7.11 Å². The van der Waals surface area contributed by atoms with Gasteiger partial charge < -0.3 is 14.0 Å². The summed E-state index contributed by atoms with van der Waals surface area (Å²) >= 11 is 0. The van der Waals surface area contributed by atoms with Crippen molar-refractivity contribution in [2.24, 2.45) is 0 Å². The molecule has 0 spiro atoms. The summed E-state index contributed by atoms with van der Waals surface area (Å²) in [6.45, 7) is 5.12. The number of benzene rings is 4. The van der Waals surface area contributed by atoms with E-state index in [-0.39, 0.29) is 6.10 Å². The van der Waals surface area contributed by atoms with Gasteiger partial charge in [-0.1, -0.05) is 78.4 Å². The molecule has 0 unspecified atom stereocenters. The van der Waals surface area contributed by atoms with Crippen LogP contribution in [0.1, 0.15) is 34.1 Å². The van der Waals surface area contributed by atoms with Gasteiger partial charge in [-0.2, -0.15) is 0 Å². The number of fused-ring (bicyclic) bond motifs is 3. The van der Waals surface area contributed by atoms with Crippen molar-refractivity contribution in [3.05, 3.63) is 131 Å². The summed E-state index contributed by atoms with van der Waals surface area (Å²) in [5, 5.41) is 0. The van der Waals surface area contributed by atoms with E-state index < -0.39 is 0 Å². The topological polar surface area (TPSA) is 23.4 Å². The predicted octanol–water partition coefficient (Wildman–Crippen LogP) is 7.98.